The highest BCUT2D eigenvalue weighted by Gasteiger charge is 2.54. The molecule has 0 aromatic heterocycles. The van der Waals surface area contributed by atoms with Crippen LogP contribution in [0.1, 0.15) is 26.2 Å². The molecule has 2 bridgehead atoms. The number of ether oxygens (including phenoxy) is 1. The van der Waals surface area contributed by atoms with E-state index < -0.39 is 0 Å². The molecule has 3 saturated carbocycles. The van der Waals surface area contributed by atoms with Crippen LogP contribution >= 0.6 is 0 Å². The molecule has 0 N–H and O–H groups in total. The smallest absolute Gasteiger partial charge is 0.0627 e. The molecular weight excluding hydrogens is 112 g/mol. The van der Waals surface area contributed by atoms with Crippen molar-refractivity contribution in [2.45, 2.75) is 32.3 Å². The predicted octanol–water partition coefficient (Wildman–Crippen LogP) is 1.82. The van der Waals surface area contributed by atoms with Crippen molar-refractivity contribution < 1.29 is 4.74 Å². The van der Waals surface area contributed by atoms with Gasteiger partial charge in [-0.15, -0.1) is 0 Å². The highest BCUT2D eigenvalue weighted by atomic mass is 16.5. The van der Waals surface area contributed by atoms with Crippen LogP contribution in [-0.2, 0) is 4.74 Å². The minimum Gasteiger partial charge on any atom is -0.381 e. The summed E-state index contributed by atoms with van der Waals surface area (Å²) in [7, 11) is 1.84. The van der Waals surface area contributed by atoms with Gasteiger partial charge in [-0.1, -0.05) is 6.92 Å². The van der Waals surface area contributed by atoms with Crippen LogP contribution in [0.3, 0.4) is 0 Å². The third kappa shape index (κ3) is 0.586. The summed E-state index contributed by atoms with van der Waals surface area (Å²) in [5.41, 5.74) is 0.583. The Hall–Kier alpha value is -0.0400. The van der Waals surface area contributed by atoms with Gasteiger partial charge < -0.3 is 4.74 Å². The van der Waals surface area contributed by atoms with E-state index in [9.17, 15) is 0 Å². The minimum atomic E-state index is 0.583. The zero-order chi connectivity index (χ0) is 6.48. The van der Waals surface area contributed by atoms with Gasteiger partial charge in [0.25, 0.3) is 0 Å². The van der Waals surface area contributed by atoms with Gasteiger partial charge in [0.15, 0.2) is 0 Å². The molecule has 0 aromatic carbocycles. The fourth-order valence-electron chi connectivity index (χ4n) is 2.66. The van der Waals surface area contributed by atoms with Crippen molar-refractivity contribution in [2.75, 3.05) is 7.11 Å². The van der Waals surface area contributed by atoms with Gasteiger partial charge in [0.05, 0.1) is 6.10 Å². The maximum absolute atomic E-state index is 5.37. The van der Waals surface area contributed by atoms with Crippen molar-refractivity contribution in [2.24, 2.45) is 11.3 Å². The first-order valence-electron chi connectivity index (χ1n) is 3.77. The fourth-order valence-corrected chi connectivity index (χ4v) is 2.66. The number of fused-ring (bicyclic) bond motifs is 1. The molecule has 0 amide bonds. The van der Waals surface area contributed by atoms with Crippen LogP contribution in [0.25, 0.3) is 0 Å². The molecule has 9 heavy (non-hydrogen) atoms. The average Bonchev–Trinajstić information content (AvgIpc) is 2.18. The second kappa shape index (κ2) is 1.51. The molecule has 1 nitrogen and oxygen atoms in total. The largest absolute Gasteiger partial charge is 0.381 e. The summed E-state index contributed by atoms with van der Waals surface area (Å²) in [5, 5.41) is 0. The van der Waals surface area contributed by atoms with Crippen molar-refractivity contribution in [3.05, 3.63) is 0 Å². The molecule has 0 heterocycles. The van der Waals surface area contributed by atoms with E-state index in [0.717, 1.165) is 5.92 Å². The Morgan fingerprint density at radius 1 is 1.44 bits per heavy atom. The lowest BCUT2D eigenvalue weighted by Crippen LogP contribution is -2.31. The van der Waals surface area contributed by atoms with E-state index in [0.29, 0.717) is 11.5 Å². The molecule has 3 aliphatic carbocycles. The second-order valence-electron chi connectivity index (χ2n) is 3.89. The quantitative estimate of drug-likeness (QED) is 0.520. The Balaban J connectivity index is 2.11. The molecule has 0 radical (unpaired) electrons. The van der Waals surface area contributed by atoms with E-state index in [1.165, 1.54) is 19.3 Å². The summed E-state index contributed by atoms with van der Waals surface area (Å²) in [6.45, 7) is 2.35. The molecule has 0 aromatic rings. The maximum atomic E-state index is 5.37. The summed E-state index contributed by atoms with van der Waals surface area (Å²) < 4.78 is 5.37. The van der Waals surface area contributed by atoms with Gasteiger partial charge in [-0.2, -0.15) is 0 Å². The Morgan fingerprint density at radius 3 is 2.33 bits per heavy atom. The van der Waals surface area contributed by atoms with Crippen molar-refractivity contribution >= 4 is 0 Å². The normalized spacial score (nSPS) is 55.3. The van der Waals surface area contributed by atoms with Crippen molar-refractivity contribution in [3.8, 4) is 0 Å². The first kappa shape index (κ1) is 5.72. The third-order valence-corrected chi connectivity index (χ3v) is 3.12. The first-order valence-corrected chi connectivity index (χ1v) is 3.77. The zero-order valence-corrected chi connectivity index (χ0v) is 6.18. The monoisotopic (exact) mass is 126 g/mol. The molecule has 0 saturated heterocycles. The standard InChI is InChI=1S/C8H14O/c1-8-4-6(5-8)3-7(8)9-2/h6-7H,3-5H2,1-2H3. The lowest BCUT2D eigenvalue weighted by Gasteiger charge is -2.36. The number of methoxy groups -OCH3 is 1. The Morgan fingerprint density at radius 2 is 2.11 bits per heavy atom. The summed E-state index contributed by atoms with van der Waals surface area (Å²) in [4.78, 5) is 0. The minimum absolute atomic E-state index is 0.583. The van der Waals surface area contributed by atoms with Gasteiger partial charge in [0.1, 0.15) is 0 Å². The summed E-state index contributed by atoms with van der Waals surface area (Å²) in [5.74, 6) is 1.01. The number of rotatable bonds is 1. The summed E-state index contributed by atoms with van der Waals surface area (Å²) >= 11 is 0. The molecule has 1 atom stereocenters. The lowest BCUT2D eigenvalue weighted by atomic mass is 9.71. The van der Waals surface area contributed by atoms with E-state index >= 15 is 0 Å². The summed E-state index contributed by atoms with van der Waals surface area (Å²) in [6.07, 6.45) is 4.76. The molecule has 0 spiro atoms. The Bertz CT molecular complexity index is 125. The van der Waals surface area contributed by atoms with Gasteiger partial charge >= 0.3 is 0 Å². The van der Waals surface area contributed by atoms with Crippen molar-refractivity contribution in [1.82, 2.24) is 0 Å². The molecule has 3 fully saturated rings. The van der Waals surface area contributed by atoms with E-state index in [4.69, 9.17) is 4.74 Å². The van der Waals surface area contributed by atoms with Crippen molar-refractivity contribution in [1.29, 1.82) is 0 Å². The van der Waals surface area contributed by atoms with Crippen LogP contribution in [0.15, 0.2) is 0 Å². The Labute approximate surface area is 56.4 Å². The van der Waals surface area contributed by atoms with Crippen molar-refractivity contribution in [3.63, 3.8) is 0 Å². The van der Waals surface area contributed by atoms with Crippen LogP contribution < -0.4 is 0 Å². The van der Waals surface area contributed by atoms with Gasteiger partial charge in [-0.05, 0) is 30.6 Å². The lowest BCUT2D eigenvalue weighted by molar-refractivity contribution is 0.0105. The first-order chi connectivity index (χ1) is 4.24. The van der Waals surface area contributed by atoms with Crippen LogP contribution in [0.5, 0.6) is 0 Å². The topological polar surface area (TPSA) is 9.23 Å². The third-order valence-electron chi connectivity index (χ3n) is 3.12. The van der Waals surface area contributed by atoms with Gasteiger partial charge in [-0.25, -0.2) is 0 Å². The second-order valence-corrected chi connectivity index (χ2v) is 3.89. The predicted molar refractivity (Wildman–Crippen MR) is 36.2 cm³/mol. The molecule has 1 heteroatoms. The van der Waals surface area contributed by atoms with Gasteiger partial charge in [0, 0.05) is 7.11 Å². The SMILES string of the molecule is COC1CC2CC1(C)C2. The van der Waals surface area contributed by atoms with E-state index in [-0.39, 0.29) is 0 Å². The molecule has 3 aliphatic rings. The highest BCUT2D eigenvalue weighted by molar-refractivity contribution is 5.04. The summed E-state index contributed by atoms with van der Waals surface area (Å²) in [6, 6.07) is 0. The van der Waals surface area contributed by atoms with Crippen LogP contribution in [0.2, 0.25) is 0 Å². The van der Waals surface area contributed by atoms with E-state index in [1.807, 2.05) is 7.11 Å². The highest BCUT2D eigenvalue weighted by Crippen LogP contribution is 2.59. The van der Waals surface area contributed by atoms with Crippen LogP contribution in [0.4, 0.5) is 0 Å². The molecule has 1 unspecified atom stereocenters. The molecule has 52 valence electrons. The number of hydrogen-bond donors (Lipinski definition) is 0. The van der Waals surface area contributed by atoms with Gasteiger partial charge in [0.2, 0.25) is 0 Å². The molecule has 3 rings (SSSR count). The van der Waals surface area contributed by atoms with Crippen LogP contribution in [-0.4, -0.2) is 13.2 Å². The molecule has 0 aliphatic heterocycles. The maximum Gasteiger partial charge on any atom is 0.0627 e. The average molecular weight is 126 g/mol. The fraction of sp³-hybridized carbons (Fsp3) is 1.00. The molecular formula is C8H14O. The van der Waals surface area contributed by atoms with Crippen LogP contribution in [0, 0.1) is 11.3 Å². The zero-order valence-electron chi connectivity index (χ0n) is 6.18. The van der Waals surface area contributed by atoms with E-state index in [2.05, 4.69) is 6.92 Å². The van der Waals surface area contributed by atoms with E-state index in [1.54, 1.807) is 0 Å². The van der Waals surface area contributed by atoms with Gasteiger partial charge in [-0.3, -0.25) is 0 Å². The number of hydrogen-bond acceptors (Lipinski definition) is 1. The Kier molecular flexibility index (Phi) is 0.963.